The van der Waals surface area contributed by atoms with Crippen LogP contribution in [0.2, 0.25) is 0 Å². The van der Waals surface area contributed by atoms with Crippen LogP contribution in [0.1, 0.15) is 125 Å². The Hall–Kier alpha value is -0.451. The number of halogens is 2. The van der Waals surface area contributed by atoms with Gasteiger partial charge in [0.25, 0.3) is 0 Å². The van der Waals surface area contributed by atoms with Crippen LogP contribution in [0.3, 0.4) is 0 Å². The molecule has 0 spiro atoms. The molecular formula is C28H44Cl2IrN3. The summed E-state index contributed by atoms with van der Waals surface area (Å²) >= 11 is -0.556. The Bertz CT molecular complexity index is 747. The van der Waals surface area contributed by atoms with Crippen molar-refractivity contribution < 1.29 is 15.7 Å². The van der Waals surface area contributed by atoms with Gasteiger partial charge in [-0.2, -0.15) is 0 Å². The molecule has 0 saturated carbocycles. The van der Waals surface area contributed by atoms with Gasteiger partial charge in [0.15, 0.2) is 0 Å². The molecule has 0 saturated heterocycles. The first kappa shape index (κ1) is 31.6. The van der Waals surface area contributed by atoms with Crippen LogP contribution >= 0.6 is 19.2 Å². The molecule has 0 aromatic heterocycles. The summed E-state index contributed by atoms with van der Waals surface area (Å²) in [5, 5.41) is 4.88. The van der Waals surface area contributed by atoms with Gasteiger partial charge >= 0.3 is 34.8 Å². The van der Waals surface area contributed by atoms with Crippen molar-refractivity contribution in [2.45, 2.75) is 91.1 Å². The monoisotopic (exact) mass is 685 g/mol. The van der Waals surface area contributed by atoms with Crippen LogP contribution in [0.4, 0.5) is 0 Å². The maximum absolute atomic E-state index is 6.72. The van der Waals surface area contributed by atoms with Crippen LogP contribution in [-0.2, 0) is 15.7 Å². The van der Waals surface area contributed by atoms with Gasteiger partial charge in [-0.25, -0.2) is 0 Å². The molecule has 0 aliphatic rings. The molecule has 0 heterocycles. The van der Waals surface area contributed by atoms with Crippen LogP contribution in [0.5, 0.6) is 0 Å². The summed E-state index contributed by atoms with van der Waals surface area (Å²) in [6, 6.07) is 13.0. The zero-order chi connectivity index (χ0) is 26.0. The van der Waals surface area contributed by atoms with Gasteiger partial charge in [0.1, 0.15) is 0 Å². The number of hydrogen-bond donors (Lipinski definition) is 2. The molecule has 34 heavy (non-hydrogen) atoms. The van der Waals surface area contributed by atoms with Crippen LogP contribution in [0.25, 0.3) is 5.32 Å². The van der Waals surface area contributed by atoms with E-state index in [0.717, 1.165) is 0 Å². The molecule has 0 amide bonds. The number of nitrogens with zero attached hydrogens (tertiary/aromatic N) is 1. The number of rotatable bonds is 10. The van der Waals surface area contributed by atoms with E-state index in [2.05, 4.69) is 91.8 Å². The molecule has 0 radical (unpaired) electrons. The maximum atomic E-state index is 6.72. The van der Waals surface area contributed by atoms with Gasteiger partial charge in [-0.15, -0.1) is 13.1 Å². The second-order valence-electron chi connectivity index (χ2n) is 10.2. The SMILES string of the molecule is CC(C)c1cccc(C(C)C)c1C(N)C[N-]CC(N)c1c(C(C)C)cccc1C(C)C.[Cl][Ir+][Cl]. The Morgan fingerprint density at radius 1 is 0.618 bits per heavy atom. The van der Waals surface area contributed by atoms with Crippen molar-refractivity contribution in [3.63, 3.8) is 0 Å². The van der Waals surface area contributed by atoms with Gasteiger partial charge in [-0.1, -0.05) is 91.8 Å². The summed E-state index contributed by atoms with van der Waals surface area (Å²) < 4.78 is 0. The average Bonchev–Trinajstić information content (AvgIpc) is 2.78. The normalized spacial score (nSPS) is 13.5. The fraction of sp³-hybridized carbons (Fsp3) is 0.571. The third-order valence-corrected chi connectivity index (χ3v) is 6.23. The van der Waals surface area contributed by atoms with E-state index in [1.807, 2.05) is 0 Å². The quantitative estimate of drug-likeness (QED) is 0.263. The van der Waals surface area contributed by atoms with Crippen molar-refractivity contribution in [3.8, 4) is 0 Å². The molecule has 2 unspecified atom stereocenters. The third-order valence-electron chi connectivity index (χ3n) is 6.23. The van der Waals surface area contributed by atoms with Crippen molar-refractivity contribution in [1.29, 1.82) is 0 Å². The average molecular weight is 686 g/mol. The summed E-state index contributed by atoms with van der Waals surface area (Å²) in [6.45, 7) is 19.1. The standard InChI is InChI=1S/C28H44N3.2ClH.Ir/c1-17(2)21-11-9-12-22(18(3)4)27(21)25(29)15-31-16-26(30)28-23(19(5)6)13-10-14-24(28)20(7)8;;;/h9-14,17-20,25-26H,15-16,29-30H2,1-8H3;2*1H;/q-1;;;+3/p-2. The van der Waals surface area contributed by atoms with Crippen molar-refractivity contribution in [1.82, 2.24) is 0 Å². The first-order valence-electron chi connectivity index (χ1n) is 12.2. The zero-order valence-corrected chi connectivity index (χ0v) is 25.9. The predicted molar refractivity (Wildman–Crippen MR) is 148 cm³/mol. The molecular weight excluding hydrogens is 641 g/mol. The fourth-order valence-corrected chi connectivity index (χ4v) is 4.61. The Labute approximate surface area is 224 Å². The van der Waals surface area contributed by atoms with Gasteiger partial charge in [0.05, 0.1) is 0 Å². The number of benzene rings is 2. The second-order valence-corrected chi connectivity index (χ2v) is 13.6. The van der Waals surface area contributed by atoms with E-state index in [9.17, 15) is 0 Å². The van der Waals surface area contributed by atoms with Crippen molar-refractivity contribution in [3.05, 3.63) is 75.1 Å². The molecule has 0 aliphatic heterocycles. The minimum absolute atomic E-state index is 0.104. The first-order valence-corrected chi connectivity index (χ1v) is 18.1. The van der Waals surface area contributed by atoms with Gasteiger partial charge in [0, 0.05) is 12.1 Å². The third kappa shape index (κ3) is 8.89. The summed E-state index contributed by atoms with van der Waals surface area (Å²) in [6.07, 6.45) is 0. The molecule has 4 N–H and O–H groups in total. The molecule has 194 valence electrons. The van der Waals surface area contributed by atoms with E-state index in [-0.39, 0.29) is 12.1 Å². The van der Waals surface area contributed by atoms with Crippen LogP contribution in [0, 0.1) is 0 Å². The fourth-order valence-electron chi connectivity index (χ4n) is 4.61. The van der Waals surface area contributed by atoms with Crippen LogP contribution in [-0.4, -0.2) is 13.1 Å². The molecule has 2 aromatic carbocycles. The molecule has 0 aliphatic carbocycles. The Morgan fingerprint density at radius 2 is 0.853 bits per heavy atom. The van der Waals surface area contributed by atoms with Gasteiger partial charge in [-0.05, 0) is 57.1 Å². The van der Waals surface area contributed by atoms with E-state index in [1.54, 1.807) is 0 Å². The predicted octanol–water partition coefficient (Wildman–Crippen LogP) is 8.63. The van der Waals surface area contributed by atoms with Crippen molar-refractivity contribution in [2.75, 3.05) is 13.1 Å². The Balaban J connectivity index is 0.00000182. The minimum atomic E-state index is -0.556. The Morgan fingerprint density at radius 3 is 1.06 bits per heavy atom. The number of hydrogen-bond acceptors (Lipinski definition) is 2. The molecule has 6 heteroatoms. The van der Waals surface area contributed by atoms with Crippen molar-refractivity contribution in [2.24, 2.45) is 11.5 Å². The molecule has 3 nitrogen and oxygen atoms in total. The Kier molecular flexibility index (Phi) is 14.5. The topological polar surface area (TPSA) is 66.1 Å². The summed E-state index contributed by atoms with van der Waals surface area (Å²) in [5.74, 6) is 1.75. The first-order chi connectivity index (χ1) is 16.0. The van der Waals surface area contributed by atoms with E-state index in [0.29, 0.717) is 36.8 Å². The summed E-state index contributed by atoms with van der Waals surface area (Å²) in [7, 11) is 9.78. The van der Waals surface area contributed by atoms with Gasteiger partial charge in [0.2, 0.25) is 0 Å². The van der Waals surface area contributed by atoms with Crippen LogP contribution in [0.15, 0.2) is 36.4 Å². The van der Waals surface area contributed by atoms with Crippen LogP contribution < -0.4 is 11.5 Å². The van der Waals surface area contributed by atoms with Gasteiger partial charge < -0.3 is 16.8 Å². The van der Waals surface area contributed by atoms with Gasteiger partial charge in [-0.3, -0.25) is 0 Å². The molecule has 2 atom stereocenters. The second kappa shape index (κ2) is 15.6. The molecule has 0 bridgehead atoms. The molecule has 2 aromatic rings. The molecule has 0 fully saturated rings. The summed E-state index contributed by atoms with van der Waals surface area (Å²) in [4.78, 5) is 0. The van der Waals surface area contributed by atoms with E-state index in [1.165, 1.54) is 33.4 Å². The van der Waals surface area contributed by atoms with E-state index in [4.69, 9.17) is 36.0 Å². The van der Waals surface area contributed by atoms with E-state index < -0.39 is 15.7 Å². The zero-order valence-electron chi connectivity index (χ0n) is 22.0. The number of nitrogens with two attached hydrogens (primary N) is 2. The van der Waals surface area contributed by atoms with E-state index >= 15 is 0 Å². The van der Waals surface area contributed by atoms with Crippen molar-refractivity contribution >= 4 is 19.2 Å². The summed E-state index contributed by atoms with van der Waals surface area (Å²) in [5.41, 5.74) is 21.3. The molecule has 2 rings (SSSR count).